The number of nitrogens with one attached hydrogen (secondary N) is 2. The SMILES string of the molecule is CC(C)N(C(C)C)P(OCCC#N)O[C@@H]1C[C@@H](CO)N(C(=O)CCCCCNC(=O)CCCCCNC(=O)OC2Cc3ccccc3C#Cc3ccccc32)C1. The number of alkyl carbamates (subject to hydrolysis) is 1. The van der Waals surface area contributed by atoms with Crippen LogP contribution in [0.5, 0.6) is 0 Å². The highest BCUT2D eigenvalue weighted by molar-refractivity contribution is 7.44. The Kier molecular flexibility index (Phi) is 19.1. The minimum absolute atomic E-state index is 0.00117. The summed E-state index contributed by atoms with van der Waals surface area (Å²) in [5.74, 6) is 6.46. The Morgan fingerprint density at radius 3 is 2.30 bits per heavy atom. The average molecular weight is 790 g/mol. The van der Waals surface area contributed by atoms with E-state index in [4.69, 9.17) is 19.0 Å². The lowest BCUT2D eigenvalue weighted by atomic mass is 9.92. The lowest BCUT2D eigenvalue weighted by Crippen LogP contribution is -2.38. The number of carbonyl (C=O) groups is 3. The summed E-state index contributed by atoms with van der Waals surface area (Å²) >= 11 is 0. The molecule has 1 saturated heterocycles. The summed E-state index contributed by atoms with van der Waals surface area (Å²) in [5, 5.41) is 24.9. The minimum atomic E-state index is -1.43. The quantitative estimate of drug-likeness (QED) is 0.0657. The Bertz CT molecular complexity index is 1660. The zero-order valence-electron chi connectivity index (χ0n) is 33.5. The third-order valence-corrected chi connectivity index (χ3v) is 12.0. The Labute approximate surface area is 334 Å². The van der Waals surface area contributed by atoms with Crippen LogP contribution in [0, 0.1) is 23.2 Å². The first-order chi connectivity index (χ1) is 27.1. The lowest BCUT2D eigenvalue weighted by Gasteiger charge is -2.36. The van der Waals surface area contributed by atoms with Crippen molar-refractivity contribution >= 4 is 26.4 Å². The molecule has 2 unspecified atom stereocenters. The van der Waals surface area contributed by atoms with Crippen LogP contribution in [0.2, 0.25) is 0 Å². The van der Waals surface area contributed by atoms with Crippen molar-refractivity contribution in [3.8, 4) is 17.9 Å². The molecule has 0 radical (unpaired) electrons. The van der Waals surface area contributed by atoms with Gasteiger partial charge in [0.15, 0.2) is 0 Å². The van der Waals surface area contributed by atoms with Crippen molar-refractivity contribution in [1.29, 1.82) is 5.26 Å². The van der Waals surface area contributed by atoms with Crippen LogP contribution >= 0.6 is 8.53 Å². The molecule has 56 heavy (non-hydrogen) atoms. The van der Waals surface area contributed by atoms with Crippen molar-refractivity contribution in [2.75, 3.05) is 32.8 Å². The van der Waals surface area contributed by atoms with Crippen LogP contribution < -0.4 is 10.6 Å². The second kappa shape index (κ2) is 23.9. The fourth-order valence-corrected chi connectivity index (χ4v) is 8.81. The number of nitrogens with zero attached hydrogens (tertiary/aromatic N) is 3. The summed E-state index contributed by atoms with van der Waals surface area (Å²) in [6.45, 7) is 9.88. The number of benzene rings is 2. The second-order valence-corrected chi connectivity index (χ2v) is 16.3. The van der Waals surface area contributed by atoms with Crippen molar-refractivity contribution in [3.05, 3.63) is 70.8 Å². The van der Waals surface area contributed by atoms with Crippen molar-refractivity contribution in [2.45, 2.75) is 129 Å². The summed E-state index contributed by atoms with van der Waals surface area (Å²) < 4.78 is 20.5. The molecule has 0 bridgehead atoms. The molecule has 2 aromatic carbocycles. The average Bonchev–Trinajstić information content (AvgIpc) is 3.59. The number of likely N-dealkylation sites (tertiary alicyclic amines) is 1. The van der Waals surface area contributed by atoms with Crippen molar-refractivity contribution in [2.24, 2.45) is 0 Å². The van der Waals surface area contributed by atoms with Crippen LogP contribution in [0.3, 0.4) is 0 Å². The minimum Gasteiger partial charge on any atom is -0.441 e. The number of hydrogen-bond donors (Lipinski definition) is 3. The molecule has 1 heterocycles. The number of unbranched alkanes of at least 4 members (excludes halogenated alkanes) is 4. The number of fused-ring (bicyclic) bond motifs is 2. The molecule has 4 atom stereocenters. The van der Waals surface area contributed by atoms with Gasteiger partial charge in [-0.1, -0.05) is 61.1 Å². The predicted octanol–water partition coefficient (Wildman–Crippen LogP) is 6.90. The third kappa shape index (κ3) is 14.2. The van der Waals surface area contributed by atoms with Gasteiger partial charge >= 0.3 is 6.09 Å². The van der Waals surface area contributed by atoms with Crippen LogP contribution in [0.15, 0.2) is 48.5 Å². The van der Waals surface area contributed by atoms with E-state index in [1.165, 1.54) is 0 Å². The summed E-state index contributed by atoms with van der Waals surface area (Å²) in [6, 6.07) is 17.8. The van der Waals surface area contributed by atoms with E-state index in [0.29, 0.717) is 51.7 Å². The smallest absolute Gasteiger partial charge is 0.407 e. The van der Waals surface area contributed by atoms with E-state index >= 15 is 0 Å². The van der Waals surface area contributed by atoms with Gasteiger partial charge in [0.1, 0.15) is 6.10 Å². The molecule has 13 heteroatoms. The molecule has 1 aliphatic carbocycles. The first kappa shape index (κ1) is 44.7. The van der Waals surface area contributed by atoms with Gasteiger partial charge in [0.25, 0.3) is 8.53 Å². The first-order valence-corrected chi connectivity index (χ1v) is 21.3. The number of carbonyl (C=O) groups excluding carboxylic acids is 3. The molecule has 2 aromatic rings. The number of nitriles is 1. The van der Waals surface area contributed by atoms with Gasteiger partial charge in [-0.25, -0.2) is 9.46 Å². The van der Waals surface area contributed by atoms with E-state index in [9.17, 15) is 19.5 Å². The Morgan fingerprint density at radius 2 is 1.59 bits per heavy atom. The summed E-state index contributed by atoms with van der Waals surface area (Å²) in [5.41, 5.74) is 3.74. The van der Waals surface area contributed by atoms with Gasteiger partial charge in [0, 0.05) is 67.7 Å². The van der Waals surface area contributed by atoms with E-state index in [0.717, 1.165) is 54.4 Å². The van der Waals surface area contributed by atoms with Gasteiger partial charge in [-0.2, -0.15) is 5.26 Å². The van der Waals surface area contributed by atoms with Crippen LogP contribution in [-0.4, -0.2) is 89.7 Å². The summed E-state index contributed by atoms with van der Waals surface area (Å²) in [7, 11) is -1.43. The molecule has 1 aliphatic heterocycles. The van der Waals surface area contributed by atoms with Gasteiger partial charge in [0.2, 0.25) is 11.8 Å². The van der Waals surface area contributed by atoms with Crippen LogP contribution in [-0.2, 0) is 29.8 Å². The van der Waals surface area contributed by atoms with Gasteiger partial charge in [-0.05, 0) is 77.5 Å². The molecule has 0 spiro atoms. The number of aliphatic hydroxyl groups is 1. The maximum absolute atomic E-state index is 13.2. The van der Waals surface area contributed by atoms with Crippen molar-refractivity contribution < 1.29 is 33.3 Å². The van der Waals surface area contributed by atoms with Gasteiger partial charge in [-0.3, -0.25) is 9.59 Å². The fraction of sp³-hybridized carbons (Fsp3) is 0.581. The number of hydrogen-bond acceptors (Lipinski definition) is 9. The Hall–Kier alpha value is -4.03. The highest BCUT2D eigenvalue weighted by Crippen LogP contribution is 2.48. The normalized spacial score (nSPS) is 17.9. The fourth-order valence-electron chi connectivity index (χ4n) is 7.10. The van der Waals surface area contributed by atoms with E-state index in [-0.39, 0.29) is 55.7 Å². The molecular weight excluding hydrogens is 729 g/mol. The predicted molar refractivity (Wildman–Crippen MR) is 217 cm³/mol. The molecule has 304 valence electrons. The standard InChI is InChI=1S/C43H60N5O7P/c1-32(2)48(33(3)4)56(53-27-15-24-44)55-38-29-37(31-49)47(30-38)42(51)21-8-6-13-25-45-41(50)20-7-5-14-26-46-43(52)54-40-28-36-18-10-9-16-34(36)22-23-35-17-11-12-19-39(35)40/h9-12,16-19,32-33,37-38,40,49H,5-8,13-15,20-21,25-31H2,1-4H3,(H,45,50)(H,46,52)/t37-,38+,40?,56?/m0/s1. The monoisotopic (exact) mass is 789 g/mol. The zero-order chi connectivity index (χ0) is 40.3. The lowest BCUT2D eigenvalue weighted by molar-refractivity contribution is -0.133. The Morgan fingerprint density at radius 1 is 0.929 bits per heavy atom. The molecule has 1 fully saturated rings. The van der Waals surface area contributed by atoms with Gasteiger partial charge < -0.3 is 34.4 Å². The summed E-state index contributed by atoms with van der Waals surface area (Å²) in [4.78, 5) is 40.0. The number of rotatable bonds is 22. The molecule has 3 N–H and O–H groups in total. The molecule has 3 amide bonds. The van der Waals surface area contributed by atoms with Crippen LogP contribution in [0.25, 0.3) is 0 Å². The number of amides is 3. The third-order valence-electron chi connectivity index (χ3n) is 9.86. The van der Waals surface area contributed by atoms with E-state index < -0.39 is 20.7 Å². The highest BCUT2D eigenvalue weighted by atomic mass is 31.2. The molecule has 0 saturated carbocycles. The van der Waals surface area contributed by atoms with E-state index in [2.05, 4.69) is 60.9 Å². The van der Waals surface area contributed by atoms with Gasteiger partial charge in [-0.15, -0.1) is 0 Å². The molecule has 4 rings (SSSR count). The highest BCUT2D eigenvalue weighted by Gasteiger charge is 2.39. The maximum Gasteiger partial charge on any atom is 0.407 e. The summed E-state index contributed by atoms with van der Waals surface area (Å²) in [6.07, 6.45) is 5.47. The number of ether oxygens (including phenoxy) is 1. The molecule has 0 aromatic heterocycles. The molecule has 2 aliphatic rings. The first-order valence-electron chi connectivity index (χ1n) is 20.2. The zero-order valence-corrected chi connectivity index (χ0v) is 34.4. The van der Waals surface area contributed by atoms with Crippen LogP contribution in [0.1, 0.15) is 120 Å². The maximum atomic E-state index is 13.2. The van der Waals surface area contributed by atoms with Gasteiger partial charge in [0.05, 0.1) is 37.8 Å². The Balaban J connectivity index is 1.07. The van der Waals surface area contributed by atoms with E-state index in [1.807, 2.05) is 48.5 Å². The number of aliphatic hydroxyl groups excluding tert-OH is 1. The second-order valence-electron chi connectivity index (χ2n) is 14.9. The largest absolute Gasteiger partial charge is 0.441 e. The molecule has 12 nitrogen and oxygen atoms in total. The topological polar surface area (TPSA) is 153 Å². The molecular formula is C43H60N5O7P. The van der Waals surface area contributed by atoms with Crippen molar-refractivity contribution in [1.82, 2.24) is 20.2 Å². The van der Waals surface area contributed by atoms with Crippen molar-refractivity contribution in [3.63, 3.8) is 0 Å². The van der Waals surface area contributed by atoms with E-state index in [1.54, 1.807) is 4.90 Å². The van der Waals surface area contributed by atoms with Crippen LogP contribution in [0.4, 0.5) is 4.79 Å².